The Balaban J connectivity index is 2.34. The Morgan fingerprint density at radius 3 is 2.94 bits per heavy atom. The van der Waals surface area contributed by atoms with Crippen molar-refractivity contribution in [3.63, 3.8) is 0 Å². The van der Waals surface area contributed by atoms with Crippen LogP contribution in [0, 0.1) is 6.92 Å². The summed E-state index contributed by atoms with van der Waals surface area (Å²) in [6.45, 7) is 2.88. The van der Waals surface area contributed by atoms with E-state index in [9.17, 15) is 4.79 Å². The highest BCUT2D eigenvalue weighted by Crippen LogP contribution is 2.04. The van der Waals surface area contributed by atoms with Crippen molar-refractivity contribution in [1.29, 1.82) is 0 Å². The van der Waals surface area contributed by atoms with Gasteiger partial charge in [0.1, 0.15) is 0 Å². The van der Waals surface area contributed by atoms with Crippen LogP contribution in [0.25, 0.3) is 0 Å². The first-order chi connectivity index (χ1) is 8.11. The van der Waals surface area contributed by atoms with Crippen molar-refractivity contribution < 1.29 is 9.53 Å². The first-order valence-corrected chi connectivity index (χ1v) is 6.00. The lowest BCUT2D eigenvalue weighted by Gasteiger charge is -2.10. The van der Waals surface area contributed by atoms with Crippen molar-refractivity contribution in [2.45, 2.75) is 18.7 Å². The summed E-state index contributed by atoms with van der Waals surface area (Å²) in [6.07, 6.45) is 0.387. The van der Waals surface area contributed by atoms with Crippen LogP contribution in [0.4, 0.5) is 0 Å². The molecule has 94 valence electrons. The molecule has 1 amide bonds. The van der Waals surface area contributed by atoms with Crippen LogP contribution >= 0.6 is 11.6 Å². The lowest BCUT2D eigenvalue weighted by Crippen LogP contribution is -2.32. The maximum Gasteiger partial charge on any atom is 0.224 e. The fourth-order valence-electron chi connectivity index (χ4n) is 1.53. The summed E-state index contributed by atoms with van der Waals surface area (Å²) in [5.41, 5.74) is 2.17. The van der Waals surface area contributed by atoms with Gasteiger partial charge in [0.05, 0.1) is 18.4 Å². The molecule has 0 fully saturated rings. The Hall–Kier alpha value is -1.06. The Kier molecular flexibility index (Phi) is 6.01. The lowest BCUT2D eigenvalue weighted by molar-refractivity contribution is -0.120. The highest BCUT2D eigenvalue weighted by Gasteiger charge is 2.07. The summed E-state index contributed by atoms with van der Waals surface area (Å²) in [6, 6.07) is 7.91. The van der Waals surface area contributed by atoms with Gasteiger partial charge < -0.3 is 10.1 Å². The fraction of sp³-hybridized carbons (Fsp3) is 0.462. The van der Waals surface area contributed by atoms with Crippen LogP contribution in [0.3, 0.4) is 0 Å². The lowest BCUT2D eigenvalue weighted by atomic mass is 10.1. The van der Waals surface area contributed by atoms with Crippen LogP contribution in [0.1, 0.15) is 11.1 Å². The number of hydrogen-bond donors (Lipinski definition) is 1. The second kappa shape index (κ2) is 7.30. The molecular formula is C13H18ClNO2. The van der Waals surface area contributed by atoms with Gasteiger partial charge in [-0.1, -0.05) is 29.8 Å². The van der Waals surface area contributed by atoms with E-state index < -0.39 is 0 Å². The third-order valence-electron chi connectivity index (χ3n) is 2.32. The molecule has 0 saturated carbocycles. The van der Waals surface area contributed by atoms with Gasteiger partial charge in [0.2, 0.25) is 5.91 Å². The van der Waals surface area contributed by atoms with E-state index in [1.807, 2.05) is 31.2 Å². The zero-order valence-electron chi connectivity index (χ0n) is 10.2. The Morgan fingerprint density at radius 1 is 1.53 bits per heavy atom. The van der Waals surface area contributed by atoms with E-state index in [1.54, 1.807) is 7.11 Å². The molecule has 1 rings (SSSR count). The molecule has 4 heteroatoms. The summed E-state index contributed by atoms with van der Waals surface area (Å²) >= 11 is 5.91. The summed E-state index contributed by atoms with van der Waals surface area (Å²) in [5, 5.41) is 2.61. The molecule has 0 aromatic heterocycles. The monoisotopic (exact) mass is 255 g/mol. The normalized spacial score (nSPS) is 12.2. The Morgan fingerprint density at radius 2 is 2.29 bits per heavy atom. The van der Waals surface area contributed by atoms with Crippen LogP contribution in [0.15, 0.2) is 24.3 Å². The molecule has 0 aliphatic heterocycles. The van der Waals surface area contributed by atoms with Gasteiger partial charge in [-0.25, -0.2) is 0 Å². The number of carbonyl (C=O) groups is 1. The van der Waals surface area contributed by atoms with Crippen LogP contribution < -0.4 is 5.32 Å². The van der Waals surface area contributed by atoms with Crippen molar-refractivity contribution in [1.82, 2.24) is 5.32 Å². The maximum absolute atomic E-state index is 11.6. The largest absolute Gasteiger partial charge is 0.383 e. The van der Waals surface area contributed by atoms with Crippen molar-refractivity contribution >= 4 is 17.5 Å². The minimum Gasteiger partial charge on any atom is -0.383 e. The standard InChI is InChI=1S/C13H18ClNO2/c1-10-4-3-5-11(6-10)7-13(16)15-8-12(14)9-17-2/h3-6,12H,7-9H2,1-2H3,(H,15,16). The summed E-state index contributed by atoms with van der Waals surface area (Å²) in [7, 11) is 1.59. The molecular weight excluding hydrogens is 238 g/mol. The van der Waals surface area contributed by atoms with E-state index in [0.717, 1.165) is 11.1 Å². The van der Waals surface area contributed by atoms with Gasteiger partial charge in [-0.2, -0.15) is 0 Å². The first kappa shape index (κ1) is 14.0. The molecule has 0 saturated heterocycles. The number of nitrogens with one attached hydrogen (secondary N) is 1. The summed E-state index contributed by atoms with van der Waals surface area (Å²) in [5.74, 6) is -0.0163. The van der Waals surface area contributed by atoms with Crippen LogP contribution in [0.2, 0.25) is 0 Å². The van der Waals surface area contributed by atoms with Gasteiger partial charge in [0.25, 0.3) is 0 Å². The Bertz CT molecular complexity index is 368. The highest BCUT2D eigenvalue weighted by molar-refractivity contribution is 6.21. The zero-order chi connectivity index (χ0) is 12.7. The molecule has 3 nitrogen and oxygen atoms in total. The highest BCUT2D eigenvalue weighted by atomic mass is 35.5. The fourth-order valence-corrected chi connectivity index (χ4v) is 1.74. The van der Waals surface area contributed by atoms with Gasteiger partial charge in [0, 0.05) is 13.7 Å². The molecule has 0 aliphatic carbocycles. The predicted octanol–water partition coefficient (Wildman–Crippen LogP) is 1.91. The summed E-state index contributed by atoms with van der Waals surface area (Å²) < 4.78 is 4.89. The van der Waals surface area contributed by atoms with Gasteiger partial charge in [-0.15, -0.1) is 11.6 Å². The quantitative estimate of drug-likeness (QED) is 0.789. The average Bonchev–Trinajstić information content (AvgIpc) is 2.27. The van der Waals surface area contributed by atoms with Crippen LogP contribution in [0.5, 0.6) is 0 Å². The molecule has 0 radical (unpaired) electrons. The molecule has 17 heavy (non-hydrogen) atoms. The van der Waals surface area contributed by atoms with E-state index >= 15 is 0 Å². The Labute approximate surface area is 107 Å². The van der Waals surface area contributed by atoms with Crippen LogP contribution in [-0.4, -0.2) is 31.5 Å². The molecule has 0 bridgehead atoms. The molecule has 1 unspecified atom stereocenters. The third kappa shape index (κ3) is 5.71. The van der Waals surface area contributed by atoms with Crippen molar-refractivity contribution in [2.24, 2.45) is 0 Å². The topological polar surface area (TPSA) is 38.3 Å². The number of benzene rings is 1. The van der Waals surface area contributed by atoms with Gasteiger partial charge in [-0.3, -0.25) is 4.79 Å². The molecule has 1 N–H and O–H groups in total. The van der Waals surface area contributed by atoms with E-state index in [1.165, 1.54) is 0 Å². The number of ether oxygens (including phenoxy) is 1. The number of aryl methyl sites for hydroxylation is 1. The van der Waals surface area contributed by atoms with E-state index in [-0.39, 0.29) is 11.3 Å². The molecule has 0 heterocycles. The van der Waals surface area contributed by atoms with Crippen molar-refractivity contribution in [2.75, 3.05) is 20.3 Å². The molecule has 0 spiro atoms. The number of methoxy groups -OCH3 is 1. The molecule has 1 atom stereocenters. The van der Waals surface area contributed by atoms with E-state index in [0.29, 0.717) is 19.6 Å². The van der Waals surface area contributed by atoms with Crippen molar-refractivity contribution in [3.8, 4) is 0 Å². The van der Waals surface area contributed by atoms with Gasteiger partial charge in [-0.05, 0) is 12.5 Å². The van der Waals surface area contributed by atoms with E-state index in [4.69, 9.17) is 16.3 Å². The first-order valence-electron chi connectivity index (χ1n) is 5.57. The molecule has 0 aliphatic rings. The minimum atomic E-state index is -0.179. The number of alkyl halides is 1. The minimum absolute atomic E-state index is 0.0163. The number of carbonyl (C=O) groups excluding carboxylic acids is 1. The van der Waals surface area contributed by atoms with Crippen molar-refractivity contribution in [3.05, 3.63) is 35.4 Å². The van der Waals surface area contributed by atoms with Gasteiger partial charge >= 0.3 is 0 Å². The molecule has 1 aromatic rings. The second-order valence-electron chi connectivity index (χ2n) is 4.02. The average molecular weight is 256 g/mol. The van der Waals surface area contributed by atoms with E-state index in [2.05, 4.69) is 5.32 Å². The SMILES string of the molecule is COCC(Cl)CNC(=O)Cc1cccc(C)c1. The maximum atomic E-state index is 11.6. The third-order valence-corrected chi connectivity index (χ3v) is 2.60. The predicted molar refractivity (Wildman–Crippen MR) is 69.4 cm³/mol. The number of rotatable bonds is 6. The number of amides is 1. The smallest absolute Gasteiger partial charge is 0.224 e. The van der Waals surface area contributed by atoms with Gasteiger partial charge in [0.15, 0.2) is 0 Å². The number of hydrogen-bond acceptors (Lipinski definition) is 2. The zero-order valence-corrected chi connectivity index (χ0v) is 11.0. The summed E-state index contributed by atoms with van der Waals surface area (Å²) in [4.78, 5) is 11.6. The number of halogens is 1. The van der Waals surface area contributed by atoms with Crippen LogP contribution in [-0.2, 0) is 16.0 Å². The second-order valence-corrected chi connectivity index (χ2v) is 4.64. The molecule has 1 aromatic carbocycles.